The highest BCUT2D eigenvalue weighted by Gasteiger charge is 2.13. The van der Waals surface area contributed by atoms with Gasteiger partial charge < -0.3 is 30.7 Å². The molecule has 0 unspecified atom stereocenters. The molecule has 0 aromatic carbocycles. The summed E-state index contributed by atoms with van der Waals surface area (Å²) in [5.74, 6) is -2.44. The van der Waals surface area contributed by atoms with Gasteiger partial charge in [-0.05, 0) is 44.0 Å². The number of rotatable bonds is 8. The second kappa shape index (κ2) is 17.6. The molecule has 0 atom stereocenters. The van der Waals surface area contributed by atoms with Crippen LogP contribution in [0.3, 0.4) is 0 Å². The predicted molar refractivity (Wildman–Crippen MR) is 133 cm³/mol. The van der Waals surface area contributed by atoms with Crippen LogP contribution in [-0.2, 0) is 9.59 Å². The molecular weight excluding hydrogens is 620 g/mol. The zero-order valence-electron chi connectivity index (χ0n) is 18.5. The lowest BCUT2D eigenvalue weighted by Crippen LogP contribution is -2.25. The van der Waals surface area contributed by atoms with E-state index in [9.17, 15) is 19.2 Å². The van der Waals surface area contributed by atoms with Crippen molar-refractivity contribution in [3.63, 3.8) is 0 Å². The van der Waals surface area contributed by atoms with Gasteiger partial charge in [-0.2, -0.15) is 0 Å². The first-order valence-electron chi connectivity index (χ1n) is 9.54. The summed E-state index contributed by atoms with van der Waals surface area (Å²) in [6.07, 6.45) is 2.88. The summed E-state index contributed by atoms with van der Waals surface area (Å²) in [5, 5.41) is 30.5. The molecule has 2 amide bonds. The molecule has 2 heterocycles. The third-order valence-electron chi connectivity index (χ3n) is 3.28. The number of ether oxygens (including phenoxy) is 1. The lowest BCUT2D eigenvalue weighted by molar-refractivity contribution is -0.119. The zero-order valence-corrected chi connectivity index (χ0v) is 22.5. The second-order valence-electron chi connectivity index (χ2n) is 6.15. The van der Waals surface area contributed by atoms with E-state index >= 15 is 0 Å². The van der Waals surface area contributed by atoms with Crippen molar-refractivity contribution < 1.29 is 39.2 Å². The number of hydrogen-bond acceptors (Lipinski definition) is 8. The van der Waals surface area contributed by atoms with Gasteiger partial charge in [0, 0.05) is 41.7 Å². The highest BCUT2D eigenvalue weighted by atomic mass is 79.9. The maximum atomic E-state index is 10.9. The van der Waals surface area contributed by atoms with E-state index in [1.54, 1.807) is 0 Å². The van der Waals surface area contributed by atoms with E-state index in [4.69, 9.17) is 31.7 Å². The van der Waals surface area contributed by atoms with E-state index in [-0.39, 0.29) is 47.2 Å². The average Bonchev–Trinajstić information content (AvgIpc) is 2.78. The predicted octanol–water partition coefficient (Wildman–Crippen LogP) is 2.37. The molecule has 0 aliphatic carbocycles. The number of carboxylic acids is 2. The van der Waals surface area contributed by atoms with Gasteiger partial charge in [0.05, 0.1) is 18.7 Å². The van der Waals surface area contributed by atoms with Gasteiger partial charge in [0.2, 0.25) is 17.7 Å². The van der Waals surface area contributed by atoms with E-state index in [1.165, 1.54) is 38.4 Å². The zero-order chi connectivity index (χ0) is 27.0. The number of carbonyl (C=O) groups excluding carboxylic acids is 2. The molecule has 0 aliphatic heterocycles. The molecule has 35 heavy (non-hydrogen) atoms. The monoisotopic (exact) mass is 640 g/mol. The molecule has 2 aromatic rings. The Hall–Kier alpha value is -2.81. The smallest absolute Gasteiger partial charge is 0.341 e. The van der Waals surface area contributed by atoms with Crippen LogP contribution in [0.25, 0.3) is 0 Å². The first-order valence-corrected chi connectivity index (χ1v) is 11.5. The number of aromatic carboxylic acids is 2. The van der Waals surface area contributed by atoms with E-state index in [0.717, 1.165) is 0 Å². The normalized spacial score (nSPS) is 9.43. The van der Waals surface area contributed by atoms with Crippen LogP contribution in [0.2, 0.25) is 5.15 Å². The molecular formula is C20H23Br2ClN4O8. The van der Waals surface area contributed by atoms with Crippen molar-refractivity contribution in [1.29, 1.82) is 0 Å². The summed E-state index contributed by atoms with van der Waals surface area (Å²) in [4.78, 5) is 49.4. The first-order chi connectivity index (χ1) is 16.4. The summed E-state index contributed by atoms with van der Waals surface area (Å²) in [5.41, 5.74) is -0.0248. The molecule has 0 spiro atoms. The van der Waals surface area contributed by atoms with Crippen molar-refractivity contribution in [2.24, 2.45) is 0 Å². The molecule has 0 fully saturated rings. The van der Waals surface area contributed by atoms with Gasteiger partial charge in [-0.15, -0.1) is 0 Å². The maximum absolute atomic E-state index is 10.9. The Kier molecular flexibility index (Phi) is 16.2. The van der Waals surface area contributed by atoms with E-state index < -0.39 is 11.9 Å². The Bertz CT molecular complexity index is 1030. The minimum Gasteiger partial charge on any atom is -0.478 e. The molecule has 2 rings (SSSR count). The van der Waals surface area contributed by atoms with Gasteiger partial charge >= 0.3 is 11.9 Å². The fourth-order valence-electron chi connectivity index (χ4n) is 1.87. The van der Waals surface area contributed by atoms with Gasteiger partial charge in [0.15, 0.2) is 0 Å². The van der Waals surface area contributed by atoms with Crippen LogP contribution in [0.1, 0.15) is 34.6 Å². The van der Waals surface area contributed by atoms with Gasteiger partial charge in [-0.25, -0.2) is 19.6 Å². The molecule has 192 valence electrons. The van der Waals surface area contributed by atoms with Crippen LogP contribution in [0.5, 0.6) is 5.88 Å². The summed E-state index contributed by atoms with van der Waals surface area (Å²) < 4.78 is 6.33. The number of halogens is 3. The molecule has 0 aliphatic rings. The van der Waals surface area contributed by atoms with E-state index in [0.29, 0.717) is 22.0 Å². The molecule has 12 nitrogen and oxygen atoms in total. The molecule has 2 aromatic heterocycles. The minimum absolute atomic E-state index is 0.000648. The van der Waals surface area contributed by atoms with Crippen molar-refractivity contribution in [3.8, 4) is 5.88 Å². The Morgan fingerprint density at radius 1 is 0.914 bits per heavy atom. The molecule has 5 N–H and O–H groups in total. The van der Waals surface area contributed by atoms with Gasteiger partial charge in [0.25, 0.3) is 0 Å². The maximum Gasteiger partial charge on any atom is 0.341 e. The highest BCUT2D eigenvalue weighted by Crippen LogP contribution is 2.20. The van der Waals surface area contributed by atoms with Crippen LogP contribution >= 0.6 is 43.5 Å². The summed E-state index contributed by atoms with van der Waals surface area (Å²) in [7, 11) is 0. The van der Waals surface area contributed by atoms with Gasteiger partial charge in [0.1, 0.15) is 17.3 Å². The summed E-state index contributed by atoms with van der Waals surface area (Å²) in [6, 6.07) is 2.81. The van der Waals surface area contributed by atoms with Gasteiger partial charge in [-0.3, -0.25) is 9.59 Å². The Morgan fingerprint density at radius 3 is 1.83 bits per heavy atom. The molecule has 0 radical (unpaired) electrons. The number of amides is 2. The number of carbonyl (C=O) groups is 4. The number of hydrogen-bond donors (Lipinski definition) is 5. The largest absolute Gasteiger partial charge is 0.478 e. The van der Waals surface area contributed by atoms with Crippen LogP contribution in [0.4, 0.5) is 0 Å². The molecule has 0 saturated heterocycles. The lowest BCUT2D eigenvalue weighted by atomic mass is 10.3. The number of nitrogens with one attached hydrogen (secondary N) is 2. The Morgan fingerprint density at radius 2 is 1.40 bits per heavy atom. The lowest BCUT2D eigenvalue weighted by Gasteiger charge is -2.08. The number of aromatic nitrogens is 2. The van der Waals surface area contributed by atoms with Crippen molar-refractivity contribution in [1.82, 2.24) is 20.6 Å². The SMILES string of the molecule is CC(=O)NCCO.CC(=O)NCCOc1ncc(Br)cc1C(=O)O.O=C(O)c1cc(Br)cnc1Cl. The number of aliphatic hydroxyl groups excluding tert-OH is 1. The first kappa shape index (κ1) is 32.2. The third kappa shape index (κ3) is 14.9. The summed E-state index contributed by atoms with van der Waals surface area (Å²) >= 11 is 11.7. The van der Waals surface area contributed by atoms with Crippen LogP contribution in [-0.4, -0.2) is 75.3 Å². The van der Waals surface area contributed by atoms with Crippen molar-refractivity contribution in [3.05, 3.63) is 49.8 Å². The quantitative estimate of drug-likeness (QED) is 0.211. The van der Waals surface area contributed by atoms with Crippen molar-refractivity contribution in [2.45, 2.75) is 13.8 Å². The van der Waals surface area contributed by atoms with Gasteiger partial charge in [-0.1, -0.05) is 11.6 Å². The number of nitrogens with zero attached hydrogens (tertiary/aromatic N) is 2. The average molecular weight is 643 g/mol. The van der Waals surface area contributed by atoms with Crippen molar-refractivity contribution >= 4 is 67.2 Å². The summed E-state index contributed by atoms with van der Waals surface area (Å²) in [6.45, 7) is 3.63. The van der Waals surface area contributed by atoms with Crippen LogP contribution in [0.15, 0.2) is 33.5 Å². The fraction of sp³-hybridized carbons (Fsp3) is 0.300. The Labute approximate surface area is 222 Å². The standard InChI is InChI=1S/C10H11BrN2O4.C6H3BrClNO2.C4H9NO2/c1-6(14)12-2-3-17-9-8(10(15)16)4-7(11)5-13-9;7-3-1-4(6(10)11)5(8)9-2-3;1-4(7)5-2-3-6/h4-5H,2-3H2,1H3,(H,12,14)(H,15,16);1-2H,(H,10,11);6H,2-3H2,1H3,(H,5,7). The van der Waals surface area contributed by atoms with E-state index in [1.807, 2.05) is 0 Å². The molecule has 15 heteroatoms. The van der Waals surface area contributed by atoms with Crippen LogP contribution in [0, 0.1) is 0 Å². The molecule has 0 saturated carbocycles. The molecule has 0 bridgehead atoms. The number of pyridine rings is 2. The fourth-order valence-corrected chi connectivity index (χ4v) is 2.72. The third-order valence-corrected chi connectivity index (χ3v) is 4.45. The number of carboxylic acid groups (broad SMARTS) is 2. The van der Waals surface area contributed by atoms with E-state index in [2.05, 4.69) is 52.5 Å². The second-order valence-corrected chi connectivity index (χ2v) is 8.34. The topological polar surface area (TPSA) is 188 Å². The Balaban J connectivity index is 0.000000550. The highest BCUT2D eigenvalue weighted by molar-refractivity contribution is 9.10. The minimum atomic E-state index is -1.12. The number of aliphatic hydroxyl groups is 1. The van der Waals surface area contributed by atoms with Crippen LogP contribution < -0.4 is 15.4 Å². The van der Waals surface area contributed by atoms with Crippen molar-refractivity contribution in [2.75, 3.05) is 26.3 Å².